The van der Waals surface area contributed by atoms with Gasteiger partial charge in [-0.3, -0.25) is 4.79 Å². The predicted molar refractivity (Wildman–Crippen MR) is 79.8 cm³/mol. The van der Waals surface area contributed by atoms with Crippen molar-refractivity contribution in [2.45, 2.75) is 47.0 Å². The topological polar surface area (TPSA) is 67.2 Å². The third-order valence-electron chi connectivity index (χ3n) is 3.47. The number of aromatic nitrogens is 1. The minimum Gasteiger partial charge on any atom is -0.361 e. The molecule has 1 unspecified atom stereocenters. The van der Waals surface area contributed by atoms with Gasteiger partial charge in [0.05, 0.1) is 0 Å². The van der Waals surface area contributed by atoms with Crippen LogP contribution in [0.2, 0.25) is 0 Å². The van der Waals surface area contributed by atoms with Gasteiger partial charge >= 0.3 is 0 Å². The predicted octanol–water partition coefficient (Wildman–Crippen LogP) is 2.38. The van der Waals surface area contributed by atoms with E-state index in [0.29, 0.717) is 12.2 Å². The summed E-state index contributed by atoms with van der Waals surface area (Å²) < 4.78 is 5.06. The van der Waals surface area contributed by atoms with Crippen LogP contribution < -0.4 is 10.6 Å². The smallest absolute Gasteiger partial charge is 0.273 e. The van der Waals surface area contributed by atoms with E-state index in [-0.39, 0.29) is 11.3 Å². The molecule has 1 aromatic heterocycles. The second-order valence-corrected chi connectivity index (χ2v) is 5.56. The van der Waals surface area contributed by atoms with Gasteiger partial charge in [0.2, 0.25) is 0 Å². The molecule has 1 aromatic rings. The van der Waals surface area contributed by atoms with Crippen LogP contribution in [0.4, 0.5) is 0 Å². The third-order valence-corrected chi connectivity index (χ3v) is 3.47. The lowest BCUT2D eigenvalue weighted by atomic mass is 9.85. The number of carbonyl (C=O) groups excluding carboxylic acids is 1. The maximum Gasteiger partial charge on any atom is 0.273 e. The van der Waals surface area contributed by atoms with Gasteiger partial charge in [-0.05, 0) is 18.4 Å². The van der Waals surface area contributed by atoms with Crippen molar-refractivity contribution in [1.82, 2.24) is 15.8 Å². The standard InChI is InChI=1S/C15H27N3O2/c1-5-8-15(4,10-16-7-3)11-17-14(19)13-9-12(6-2)20-18-13/h9,16H,5-8,10-11H2,1-4H3,(H,17,19). The normalized spacial score (nSPS) is 14.0. The molecule has 0 bridgehead atoms. The van der Waals surface area contributed by atoms with Gasteiger partial charge in [0.1, 0.15) is 5.76 Å². The molecule has 2 N–H and O–H groups in total. The second kappa shape index (κ2) is 8.04. The molecule has 0 aromatic carbocycles. The number of nitrogens with one attached hydrogen (secondary N) is 2. The Morgan fingerprint density at radius 2 is 2.10 bits per heavy atom. The van der Waals surface area contributed by atoms with Crippen LogP contribution in [0, 0.1) is 5.41 Å². The first kappa shape index (κ1) is 16.7. The fraction of sp³-hybridized carbons (Fsp3) is 0.733. The van der Waals surface area contributed by atoms with Crippen LogP contribution in [0.5, 0.6) is 0 Å². The van der Waals surface area contributed by atoms with Crippen molar-refractivity contribution in [1.29, 1.82) is 0 Å². The van der Waals surface area contributed by atoms with Crippen molar-refractivity contribution >= 4 is 5.91 Å². The largest absolute Gasteiger partial charge is 0.361 e. The molecule has 1 atom stereocenters. The number of hydrogen-bond acceptors (Lipinski definition) is 4. The Balaban J connectivity index is 2.55. The zero-order chi connectivity index (χ0) is 15.0. The highest BCUT2D eigenvalue weighted by molar-refractivity contribution is 5.92. The van der Waals surface area contributed by atoms with Crippen molar-refractivity contribution in [3.63, 3.8) is 0 Å². The van der Waals surface area contributed by atoms with E-state index in [0.717, 1.165) is 38.1 Å². The highest BCUT2D eigenvalue weighted by atomic mass is 16.5. The minimum atomic E-state index is -0.160. The Bertz CT molecular complexity index is 417. The first-order valence-electron chi connectivity index (χ1n) is 7.49. The Morgan fingerprint density at radius 1 is 1.35 bits per heavy atom. The van der Waals surface area contributed by atoms with Crippen molar-refractivity contribution < 1.29 is 9.32 Å². The molecule has 1 heterocycles. The SMILES string of the molecule is CCCC(C)(CNCC)CNC(=O)c1cc(CC)on1. The zero-order valence-corrected chi connectivity index (χ0v) is 13.1. The van der Waals surface area contributed by atoms with Crippen LogP contribution in [-0.4, -0.2) is 30.7 Å². The molecule has 0 aliphatic carbocycles. The Morgan fingerprint density at radius 3 is 2.65 bits per heavy atom. The Kier molecular flexibility index (Phi) is 6.71. The number of rotatable bonds is 9. The summed E-state index contributed by atoms with van der Waals surface area (Å²) in [4.78, 5) is 12.0. The van der Waals surface area contributed by atoms with Crippen molar-refractivity contribution in [2.75, 3.05) is 19.6 Å². The summed E-state index contributed by atoms with van der Waals surface area (Å²) in [5, 5.41) is 10.1. The van der Waals surface area contributed by atoms with Crippen LogP contribution >= 0.6 is 0 Å². The van der Waals surface area contributed by atoms with E-state index in [9.17, 15) is 4.79 Å². The summed E-state index contributed by atoms with van der Waals surface area (Å²) in [6.07, 6.45) is 2.91. The molecule has 0 saturated carbocycles. The zero-order valence-electron chi connectivity index (χ0n) is 13.1. The fourth-order valence-corrected chi connectivity index (χ4v) is 2.24. The quantitative estimate of drug-likeness (QED) is 0.729. The average molecular weight is 281 g/mol. The summed E-state index contributed by atoms with van der Waals surface area (Å²) in [5.41, 5.74) is 0.432. The molecule has 114 valence electrons. The first-order chi connectivity index (χ1) is 9.54. The van der Waals surface area contributed by atoms with Crippen molar-refractivity contribution in [2.24, 2.45) is 5.41 Å². The van der Waals surface area contributed by atoms with Crippen LogP contribution in [-0.2, 0) is 6.42 Å². The molecule has 0 saturated heterocycles. The highest BCUT2D eigenvalue weighted by Gasteiger charge is 2.24. The first-order valence-corrected chi connectivity index (χ1v) is 7.49. The molecular weight excluding hydrogens is 254 g/mol. The lowest BCUT2D eigenvalue weighted by Crippen LogP contribution is -2.42. The summed E-state index contributed by atoms with van der Waals surface area (Å²) in [5.74, 6) is 0.575. The van der Waals surface area contributed by atoms with Crippen molar-refractivity contribution in [3.05, 3.63) is 17.5 Å². The molecule has 1 rings (SSSR count). The Hall–Kier alpha value is -1.36. The molecular formula is C15H27N3O2. The van der Waals surface area contributed by atoms with E-state index in [1.54, 1.807) is 6.07 Å². The maximum absolute atomic E-state index is 12.0. The molecule has 5 heteroatoms. The maximum atomic E-state index is 12.0. The summed E-state index contributed by atoms with van der Waals surface area (Å²) in [7, 11) is 0. The minimum absolute atomic E-state index is 0.0672. The highest BCUT2D eigenvalue weighted by Crippen LogP contribution is 2.21. The molecule has 1 amide bonds. The molecule has 0 fully saturated rings. The number of hydrogen-bond donors (Lipinski definition) is 2. The Labute approximate surface area is 121 Å². The molecule has 0 radical (unpaired) electrons. The van der Waals surface area contributed by atoms with Gasteiger partial charge in [-0.25, -0.2) is 0 Å². The van der Waals surface area contributed by atoms with Gasteiger partial charge in [-0.1, -0.05) is 39.3 Å². The van der Waals surface area contributed by atoms with Gasteiger partial charge in [0.25, 0.3) is 5.91 Å². The number of nitrogens with zero attached hydrogens (tertiary/aromatic N) is 1. The average Bonchev–Trinajstić information content (AvgIpc) is 2.92. The second-order valence-electron chi connectivity index (χ2n) is 5.56. The van der Waals surface area contributed by atoms with Gasteiger partial charge in [-0.2, -0.15) is 0 Å². The van der Waals surface area contributed by atoms with E-state index >= 15 is 0 Å². The summed E-state index contributed by atoms with van der Waals surface area (Å²) in [6, 6.07) is 1.71. The van der Waals surface area contributed by atoms with Crippen LogP contribution in [0.1, 0.15) is 56.8 Å². The molecule has 20 heavy (non-hydrogen) atoms. The van der Waals surface area contributed by atoms with E-state index in [4.69, 9.17) is 4.52 Å². The van der Waals surface area contributed by atoms with Gasteiger partial charge in [-0.15, -0.1) is 0 Å². The molecule has 0 spiro atoms. The monoisotopic (exact) mass is 281 g/mol. The van der Waals surface area contributed by atoms with Crippen LogP contribution in [0.25, 0.3) is 0 Å². The van der Waals surface area contributed by atoms with E-state index < -0.39 is 0 Å². The van der Waals surface area contributed by atoms with Gasteiger partial charge in [0, 0.05) is 25.6 Å². The summed E-state index contributed by atoms with van der Waals surface area (Å²) >= 11 is 0. The van der Waals surface area contributed by atoms with Crippen LogP contribution in [0.15, 0.2) is 10.6 Å². The number of carbonyl (C=O) groups is 1. The van der Waals surface area contributed by atoms with E-state index in [1.807, 2.05) is 6.92 Å². The summed E-state index contributed by atoms with van der Waals surface area (Å²) in [6.45, 7) is 10.9. The van der Waals surface area contributed by atoms with Gasteiger partial charge < -0.3 is 15.2 Å². The lowest BCUT2D eigenvalue weighted by Gasteiger charge is -2.29. The molecule has 5 nitrogen and oxygen atoms in total. The third kappa shape index (κ3) is 4.96. The molecule has 0 aliphatic heterocycles. The lowest BCUT2D eigenvalue weighted by molar-refractivity contribution is 0.0921. The van der Waals surface area contributed by atoms with Gasteiger partial charge in [0.15, 0.2) is 5.69 Å². The van der Waals surface area contributed by atoms with E-state index in [2.05, 4.69) is 36.6 Å². The van der Waals surface area contributed by atoms with Crippen LogP contribution in [0.3, 0.4) is 0 Å². The van der Waals surface area contributed by atoms with Crippen molar-refractivity contribution in [3.8, 4) is 0 Å². The fourth-order valence-electron chi connectivity index (χ4n) is 2.24. The van der Waals surface area contributed by atoms with E-state index in [1.165, 1.54) is 0 Å². The number of aryl methyl sites for hydroxylation is 1. The molecule has 0 aliphatic rings. The number of amides is 1.